The second kappa shape index (κ2) is 3.81. The van der Waals surface area contributed by atoms with E-state index in [-0.39, 0.29) is 11.2 Å². The van der Waals surface area contributed by atoms with Crippen molar-refractivity contribution in [3.63, 3.8) is 0 Å². The van der Waals surface area contributed by atoms with E-state index in [0.29, 0.717) is 12.5 Å². The van der Waals surface area contributed by atoms with Gasteiger partial charge in [0.05, 0.1) is 6.61 Å². The van der Waals surface area contributed by atoms with Crippen molar-refractivity contribution < 1.29 is 9.53 Å². The average Bonchev–Trinajstić information content (AvgIpc) is 3.09. The Balaban J connectivity index is 1.89. The second-order valence-electron chi connectivity index (χ2n) is 6.17. The van der Waals surface area contributed by atoms with Gasteiger partial charge in [-0.2, -0.15) is 0 Å². The van der Waals surface area contributed by atoms with Gasteiger partial charge in [-0.1, -0.05) is 37.6 Å². The maximum atomic E-state index is 11.4. The van der Waals surface area contributed by atoms with Gasteiger partial charge in [0, 0.05) is 5.92 Å². The van der Waals surface area contributed by atoms with Gasteiger partial charge in [-0.15, -0.1) is 0 Å². The summed E-state index contributed by atoms with van der Waals surface area (Å²) < 4.78 is 5.34. The molecule has 2 aliphatic rings. The van der Waals surface area contributed by atoms with Crippen molar-refractivity contribution in [3.8, 4) is 0 Å². The first kappa shape index (κ1) is 12.6. The highest BCUT2D eigenvalue weighted by molar-refractivity contribution is 5.87. The van der Waals surface area contributed by atoms with E-state index in [9.17, 15) is 4.79 Å². The van der Waals surface area contributed by atoms with Gasteiger partial charge in [0.25, 0.3) is 0 Å². The van der Waals surface area contributed by atoms with Crippen LogP contribution >= 0.6 is 0 Å². The van der Waals surface area contributed by atoms with Crippen LogP contribution in [0, 0.1) is 11.3 Å². The number of hydrogen-bond donors (Lipinski definition) is 0. The van der Waals surface area contributed by atoms with Crippen LogP contribution in [0.5, 0.6) is 0 Å². The minimum atomic E-state index is -0.439. The van der Waals surface area contributed by atoms with Gasteiger partial charge in [-0.05, 0) is 32.1 Å². The number of ether oxygens (including phenoxy) is 1. The van der Waals surface area contributed by atoms with E-state index in [0.717, 1.165) is 12.8 Å². The number of allylic oxidation sites excluding steroid dienone is 3. The van der Waals surface area contributed by atoms with E-state index in [1.807, 2.05) is 0 Å². The summed E-state index contributed by atoms with van der Waals surface area (Å²) in [6, 6.07) is 0. The zero-order valence-corrected chi connectivity index (χ0v) is 11.3. The summed E-state index contributed by atoms with van der Waals surface area (Å²) in [5.74, 6) is 0.674. The number of hydrogen-bond acceptors (Lipinski definition) is 2. The van der Waals surface area contributed by atoms with E-state index >= 15 is 0 Å². The lowest BCUT2D eigenvalue weighted by Crippen LogP contribution is -2.25. The Morgan fingerprint density at radius 1 is 1.59 bits per heavy atom. The van der Waals surface area contributed by atoms with Crippen LogP contribution in [0.15, 0.2) is 23.8 Å². The number of carbonyl (C=O) groups excluding carboxylic acids is 1. The maximum Gasteiger partial charge on any atom is 0.163 e. The molecule has 2 heteroatoms. The van der Waals surface area contributed by atoms with Crippen molar-refractivity contribution in [1.29, 1.82) is 0 Å². The van der Waals surface area contributed by atoms with E-state index < -0.39 is 5.60 Å². The van der Waals surface area contributed by atoms with Crippen LogP contribution < -0.4 is 0 Å². The molecule has 2 rings (SSSR count). The first-order valence-electron chi connectivity index (χ1n) is 6.31. The van der Waals surface area contributed by atoms with Gasteiger partial charge in [0.1, 0.15) is 5.60 Å². The molecule has 0 radical (unpaired) electrons. The predicted octanol–water partition coefficient (Wildman–Crippen LogP) is 3.28. The molecule has 2 atom stereocenters. The Morgan fingerprint density at radius 2 is 2.18 bits per heavy atom. The van der Waals surface area contributed by atoms with Crippen LogP contribution in [0.2, 0.25) is 0 Å². The van der Waals surface area contributed by atoms with Gasteiger partial charge in [0.2, 0.25) is 0 Å². The molecule has 0 aromatic carbocycles. The first-order chi connectivity index (χ1) is 7.78. The van der Waals surface area contributed by atoms with Gasteiger partial charge >= 0.3 is 0 Å². The molecule has 0 bridgehead atoms. The zero-order valence-electron chi connectivity index (χ0n) is 11.3. The summed E-state index contributed by atoms with van der Waals surface area (Å²) in [6.45, 7) is 12.8. The van der Waals surface area contributed by atoms with Crippen LogP contribution in [0.1, 0.15) is 40.5 Å². The number of carbonyl (C=O) groups is 1. The summed E-state index contributed by atoms with van der Waals surface area (Å²) in [6.07, 6.45) is 4.13. The summed E-state index contributed by atoms with van der Waals surface area (Å²) in [5, 5.41) is 0. The summed E-state index contributed by atoms with van der Waals surface area (Å²) in [7, 11) is 0. The van der Waals surface area contributed by atoms with E-state index in [1.54, 1.807) is 6.92 Å². The SMILES string of the molecule is C=C(C)C1C=C1C(C)(C)CCC1(C(C)=O)CO1. The van der Waals surface area contributed by atoms with Crippen LogP contribution in [-0.2, 0) is 9.53 Å². The van der Waals surface area contributed by atoms with Crippen molar-refractivity contribution in [3.05, 3.63) is 23.8 Å². The molecule has 2 unspecified atom stereocenters. The van der Waals surface area contributed by atoms with E-state index in [4.69, 9.17) is 4.74 Å². The maximum absolute atomic E-state index is 11.4. The van der Waals surface area contributed by atoms with Crippen molar-refractivity contribution in [2.45, 2.75) is 46.1 Å². The predicted molar refractivity (Wildman–Crippen MR) is 68.8 cm³/mol. The number of epoxide rings is 1. The van der Waals surface area contributed by atoms with Crippen molar-refractivity contribution in [1.82, 2.24) is 0 Å². The molecule has 0 aromatic rings. The molecule has 1 aliphatic heterocycles. The highest BCUT2D eigenvalue weighted by Crippen LogP contribution is 2.50. The molecule has 1 fully saturated rings. The third-order valence-electron chi connectivity index (χ3n) is 4.17. The molecule has 0 aromatic heterocycles. The van der Waals surface area contributed by atoms with Crippen molar-refractivity contribution >= 4 is 5.78 Å². The highest BCUT2D eigenvalue weighted by atomic mass is 16.6. The molecule has 1 saturated heterocycles. The molecular formula is C15H22O2. The van der Waals surface area contributed by atoms with Crippen molar-refractivity contribution in [2.24, 2.45) is 11.3 Å². The lowest BCUT2D eigenvalue weighted by atomic mass is 9.79. The first-order valence-corrected chi connectivity index (χ1v) is 6.31. The number of ketones is 1. The summed E-state index contributed by atoms with van der Waals surface area (Å²) >= 11 is 0. The highest BCUT2D eigenvalue weighted by Gasteiger charge is 2.50. The third kappa shape index (κ3) is 2.37. The summed E-state index contributed by atoms with van der Waals surface area (Å²) in [4.78, 5) is 11.4. The van der Waals surface area contributed by atoms with Gasteiger partial charge in [0.15, 0.2) is 5.78 Å². The molecule has 0 saturated carbocycles. The normalized spacial score (nSPS) is 30.8. The fourth-order valence-corrected chi connectivity index (χ4v) is 2.46. The fourth-order valence-electron chi connectivity index (χ4n) is 2.46. The van der Waals surface area contributed by atoms with Crippen LogP contribution in [0.4, 0.5) is 0 Å². The number of rotatable bonds is 6. The Kier molecular flexibility index (Phi) is 2.81. The van der Waals surface area contributed by atoms with Crippen molar-refractivity contribution in [2.75, 3.05) is 6.61 Å². The third-order valence-corrected chi connectivity index (χ3v) is 4.17. The lowest BCUT2D eigenvalue weighted by molar-refractivity contribution is -0.122. The fraction of sp³-hybridized carbons (Fsp3) is 0.667. The van der Waals surface area contributed by atoms with Gasteiger partial charge in [-0.3, -0.25) is 4.79 Å². The molecule has 1 aliphatic carbocycles. The minimum absolute atomic E-state index is 0.165. The zero-order chi connectivity index (χ0) is 12.8. The van der Waals surface area contributed by atoms with Crippen LogP contribution in [-0.4, -0.2) is 18.0 Å². The quantitative estimate of drug-likeness (QED) is 0.521. The van der Waals surface area contributed by atoms with E-state index in [1.165, 1.54) is 11.1 Å². The topological polar surface area (TPSA) is 29.6 Å². The Labute approximate surface area is 104 Å². The molecule has 1 heterocycles. The Hall–Kier alpha value is -0.890. The molecule has 17 heavy (non-hydrogen) atoms. The van der Waals surface area contributed by atoms with Gasteiger partial charge < -0.3 is 4.74 Å². The monoisotopic (exact) mass is 234 g/mol. The lowest BCUT2D eigenvalue weighted by Gasteiger charge is -2.25. The molecule has 0 N–H and O–H groups in total. The Morgan fingerprint density at radius 3 is 2.53 bits per heavy atom. The largest absolute Gasteiger partial charge is 0.361 e. The van der Waals surface area contributed by atoms with E-state index in [2.05, 4.69) is 33.4 Å². The van der Waals surface area contributed by atoms with Crippen LogP contribution in [0.25, 0.3) is 0 Å². The second-order valence-corrected chi connectivity index (χ2v) is 6.17. The molecule has 0 spiro atoms. The smallest absolute Gasteiger partial charge is 0.163 e. The minimum Gasteiger partial charge on any atom is -0.361 e. The van der Waals surface area contributed by atoms with Crippen LogP contribution in [0.3, 0.4) is 0 Å². The molecule has 0 amide bonds. The van der Waals surface area contributed by atoms with Gasteiger partial charge in [-0.25, -0.2) is 0 Å². The average molecular weight is 234 g/mol. The molecule has 94 valence electrons. The molecule has 2 nitrogen and oxygen atoms in total. The number of Topliss-reactive ketones (excluding diaryl/α,β-unsaturated/α-hetero) is 1. The standard InChI is InChI=1S/C15H22O2/c1-10(2)12-8-13(12)14(4,5)6-7-15(9-17-15)11(3)16/h8,12H,1,6-7,9H2,2-5H3. The summed E-state index contributed by atoms with van der Waals surface area (Å²) in [5.41, 5.74) is 2.42. The Bertz CT molecular complexity index is 397. The molecular weight excluding hydrogens is 212 g/mol.